The number of carbonyl (C=O) groups excluding carboxylic acids is 1. The monoisotopic (exact) mass is 290 g/mol. The molecule has 0 atom stereocenters. The van der Waals surface area contributed by atoms with Crippen LogP contribution in [0.2, 0.25) is 0 Å². The van der Waals surface area contributed by atoms with E-state index in [0.717, 1.165) is 0 Å². The molecule has 0 radical (unpaired) electrons. The minimum Gasteiger partial charge on any atom is -0.462 e. The van der Waals surface area contributed by atoms with E-state index in [-0.39, 0.29) is 5.97 Å². The lowest BCUT2D eigenvalue weighted by atomic mass is 10.1. The van der Waals surface area contributed by atoms with Crippen molar-refractivity contribution in [3.63, 3.8) is 0 Å². The van der Waals surface area contributed by atoms with Gasteiger partial charge in [0.2, 0.25) is 4.77 Å². The minimum absolute atomic E-state index is 0.330. The van der Waals surface area contributed by atoms with Gasteiger partial charge in [-0.25, -0.2) is 4.79 Å². The van der Waals surface area contributed by atoms with E-state index in [2.05, 4.69) is 15.3 Å². The lowest BCUT2D eigenvalue weighted by Crippen LogP contribution is -2.08. The molecule has 0 unspecified atom stereocenters. The van der Waals surface area contributed by atoms with Gasteiger partial charge in [0.1, 0.15) is 5.82 Å². The number of nitrogens with one attached hydrogen (secondary N) is 1. The molecular formula is C13H14N4O2S. The molecule has 0 aliphatic rings. The van der Waals surface area contributed by atoms with Crippen LogP contribution in [0.3, 0.4) is 0 Å². The molecular weight excluding hydrogens is 276 g/mol. The molecule has 1 aromatic carbocycles. The van der Waals surface area contributed by atoms with Crippen LogP contribution in [0.15, 0.2) is 29.4 Å². The van der Waals surface area contributed by atoms with Crippen molar-refractivity contribution in [2.45, 2.75) is 13.8 Å². The highest BCUT2D eigenvalue weighted by Gasteiger charge is 2.10. The maximum absolute atomic E-state index is 11.8. The van der Waals surface area contributed by atoms with Crippen molar-refractivity contribution in [1.82, 2.24) is 14.9 Å². The summed E-state index contributed by atoms with van der Waals surface area (Å²) in [6, 6.07) is 7.08. The van der Waals surface area contributed by atoms with E-state index in [1.165, 1.54) is 4.68 Å². The van der Waals surface area contributed by atoms with E-state index in [1.807, 2.05) is 6.07 Å². The molecule has 0 spiro atoms. The van der Waals surface area contributed by atoms with Crippen molar-refractivity contribution in [2.24, 2.45) is 5.10 Å². The molecule has 7 heteroatoms. The van der Waals surface area contributed by atoms with Crippen LogP contribution in [-0.4, -0.2) is 33.7 Å². The fourth-order valence-electron chi connectivity index (χ4n) is 1.63. The number of aryl methyl sites for hydroxylation is 1. The number of rotatable bonds is 4. The summed E-state index contributed by atoms with van der Waals surface area (Å²) in [5.41, 5.74) is 1.12. The second-order valence-electron chi connectivity index (χ2n) is 3.94. The Hall–Kier alpha value is -2.28. The van der Waals surface area contributed by atoms with Gasteiger partial charge in [0, 0.05) is 5.56 Å². The summed E-state index contributed by atoms with van der Waals surface area (Å²) in [4.78, 5) is 11.8. The molecule has 2 aromatic rings. The predicted molar refractivity (Wildman–Crippen MR) is 77.5 cm³/mol. The molecule has 0 aliphatic carbocycles. The molecule has 2 rings (SSSR count). The van der Waals surface area contributed by atoms with Gasteiger partial charge < -0.3 is 4.74 Å². The molecule has 0 fully saturated rings. The second-order valence-corrected chi connectivity index (χ2v) is 4.33. The lowest BCUT2D eigenvalue weighted by Gasteiger charge is -2.04. The molecule has 6 nitrogen and oxygen atoms in total. The predicted octanol–water partition coefficient (Wildman–Crippen LogP) is 2.31. The van der Waals surface area contributed by atoms with Gasteiger partial charge in [-0.1, -0.05) is 18.2 Å². The zero-order valence-corrected chi connectivity index (χ0v) is 12.0. The van der Waals surface area contributed by atoms with Crippen LogP contribution in [0.25, 0.3) is 0 Å². The molecule has 1 N–H and O–H groups in total. The van der Waals surface area contributed by atoms with Gasteiger partial charge in [-0.15, -0.1) is 0 Å². The molecule has 1 aromatic heterocycles. The number of H-pyrrole nitrogens is 1. The highest BCUT2D eigenvalue weighted by Crippen LogP contribution is 2.08. The van der Waals surface area contributed by atoms with Crippen molar-refractivity contribution in [3.05, 3.63) is 46.0 Å². The smallest absolute Gasteiger partial charge is 0.338 e. The third kappa shape index (κ3) is 3.00. The van der Waals surface area contributed by atoms with E-state index < -0.39 is 0 Å². The highest BCUT2D eigenvalue weighted by molar-refractivity contribution is 7.71. The van der Waals surface area contributed by atoms with Gasteiger partial charge in [-0.2, -0.15) is 14.9 Å². The summed E-state index contributed by atoms with van der Waals surface area (Å²) >= 11 is 5.05. The summed E-state index contributed by atoms with van der Waals surface area (Å²) in [7, 11) is 0. The highest BCUT2D eigenvalue weighted by atomic mass is 32.1. The number of hydrogen-bond acceptors (Lipinski definition) is 5. The Kier molecular flexibility index (Phi) is 4.41. The van der Waals surface area contributed by atoms with Crippen LogP contribution in [0.5, 0.6) is 0 Å². The summed E-state index contributed by atoms with van der Waals surface area (Å²) in [6.07, 6.45) is 1.56. The Morgan fingerprint density at radius 3 is 2.95 bits per heavy atom. The van der Waals surface area contributed by atoms with E-state index in [0.29, 0.717) is 28.3 Å². The van der Waals surface area contributed by atoms with Crippen LogP contribution in [0.4, 0.5) is 0 Å². The molecule has 0 bridgehead atoms. The first-order valence-electron chi connectivity index (χ1n) is 6.08. The van der Waals surface area contributed by atoms with Gasteiger partial charge in [0.25, 0.3) is 0 Å². The molecule has 20 heavy (non-hydrogen) atoms. The maximum atomic E-state index is 11.8. The first kappa shape index (κ1) is 14.1. The normalized spacial score (nSPS) is 10.9. The molecule has 1 heterocycles. The molecule has 0 saturated heterocycles. The maximum Gasteiger partial charge on any atom is 0.338 e. The summed E-state index contributed by atoms with van der Waals surface area (Å²) in [5.74, 6) is 0.266. The summed E-state index contributed by atoms with van der Waals surface area (Å²) < 4.78 is 6.89. The average Bonchev–Trinajstić information content (AvgIpc) is 2.76. The number of ether oxygens (including phenoxy) is 1. The Labute approximate surface area is 121 Å². The van der Waals surface area contributed by atoms with Gasteiger partial charge in [-0.3, -0.25) is 5.10 Å². The topological polar surface area (TPSA) is 72.3 Å². The van der Waals surface area contributed by atoms with Crippen molar-refractivity contribution >= 4 is 24.4 Å². The largest absolute Gasteiger partial charge is 0.462 e. The van der Waals surface area contributed by atoms with Gasteiger partial charge in [0.05, 0.1) is 18.4 Å². The van der Waals surface area contributed by atoms with Gasteiger partial charge in [0.15, 0.2) is 0 Å². The molecule has 104 valence electrons. The average molecular weight is 290 g/mol. The van der Waals surface area contributed by atoms with E-state index >= 15 is 0 Å². The molecule has 0 aliphatic heterocycles. The lowest BCUT2D eigenvalue weighted by molar-refractivity contribution is 0.0526. The van der Waals surface area contributed by atoms with Crippen molar-refractivity contribution in [3.8, 4) is 0 Å². The first-order chi connectivity index (χ1) is 9.63. The van der Waals surface area contributed by atoms with Crippen LogP contribution in [0.1, 0.15) is 28.7 Å². The Morgan fingerprint density at radius 1 is 1.55 bits per heavy atom. The fourth-order valence-corrected chi connectivity index (χ4v) is 1.86. The van der Waals surface area contributed by atoms with Crippen LogP contribution >= 0.6 is 12.2 Å². The summed E-state index contributed by atoms with van der Waals surface area (Å²) in [5, 5.41) is 10.8. The second kappa shape index (κ2) is 6.25. The first-order valence-corrected chi connectivity index (χ1v) is 6.49. The van der Waals surface area contributed by atoms with Gasteiger partial charge >= 0.3 is 5.97 Å². The van der Waals surface area contributed by atoms with E-state index in [9.17, 15) is 4.79 Å². The Morgan fingerprint density at radius 2 is 2.30 bits per heavy atom. The Bertz CT molecular complexity index is 702. The number of aromatic amines is 1. The number of esters is 1. The van der Waals surface area contributed by atoms with Crippen LogP contribution in [0, 0.1) is 11.7 Å². The third-order valence-electron chi connectivity index (χ3n) is 2.58. The van der Waals surface area contributed by atoms with E-state index in [1.54, 1.807) is 38.3 Å². The number of benzene rings is 1. The molecule has 0 amide bonds. The number of aromatic nitrogens is 3. The minimum atomic E-state index is -0.373. The third-order valence-corrected chi connectivity index (χ3v) is 2.84. The SMILES string of the molecule is CCOC(=O)c1ccccc1/C=N/n1c(C)n[nH]c1=S. The quantitative estimate of drug-likeness (QED) is 0.533. The van der Waals surface area contributed by atoms with Crippen molar-refractivity contribution in [2.75, 3.05) is 6.61 Å². The van der Waals surface area contributed by atoms with Crippen molar-refractivity contribution in [1.29, 1.82) is 0 Å². The standard InChI is InChI=1S/C13H14N4O2S/c1-3-19-12(18)11-7-5-4-6-10(11)8-14-17-9(2)15-16-13(17)20/h4-8H,3H2,1-2H3,(H,16,20)/b14-8+. The van der Waals surface area contributed by atoms with Crippen LogP contribution in [-0.2, 0) is 4.74 Å². The van der Waals surface area contributed by atoms with Gasteiger partial charge in [-0.05, 0) is 32.1 Å². The fraction of sp³-hybridized carbons (Fsp3) is 0.231. The number of hydrogen-bond donors (Lipinski definition) is 1. The zero-order valence-electron chi connectivity index (χ0n) is 11.2. The molecule has 0 saturated carbocycles. The van der Waals surface area contributed by atoms with Crippen molar-refractivity contribution < 1.29 is 9.53 Å². The van der Waals surface area contributed by atoms with E-state index in [4.69, 9.17) is 17.0 Å². The van der Waals surface area contributed by atoms with Crippen LogP contribution < -0.4 is 0 Å². The summed E-state index contributed by atoms with van der Waals surface area (Å²) in [6.45, 7) is 3.87. The number of carbonyl (C=O) groups is 1. The number of nitrogens with zero attached hydrogens (tertiary/aromatic N) is 3. The Balaban J connectivity index is 2.35. The zero-order chi connectivity index (χ0) is 14.5.